The molecule has 0 atom stereocenters. The Morgan fingerprint density at radius 1 is 1.41 bits per heavy atom. The van der Waals surface area contributed by atoms with Crippen LogP contribution in [0, 0.1) is 18.2 Å². The van der Waals surface area contributed by atoms with Crippen LogP contribution in [-0.2, 0) is 11.2 Å². The van der Waals surface area contributed by atoms with E-state index in [0.717, 1.165) is 0 Å². The zero-order chi connectivity index (χ0) is 15.9. The molecule has 0 saturated carbocycles. The normalized spacial score (nSPS) is 10.0. The molecule has 1 heterocycles. The number of aryl methyl sites for hydroxylation is 1. The predicted octanol–water partition coefficient (Wildman–Crippen LogP) is 0.653. The fourth-order valence-corrected chi connectivity index (χ4v) is 1.76. The molecule has 22 heavy (non-hydrogen) atoms. The van der Waals surface area contributed by atoms with E-state index in [-0.39, 0.29) is 36.8 Å². The maximum atomic E-state index is 13.1. The van der Waals surface area contributed by atoms with E-state index in [9.17, 15) is 14.0 Å². The minimum absolute atomic E-state index is 0.0821. The van der Waals surface area contributed by atoms with Gasteiger partial charge in [0.25, 0.3) is 5.56 Å². The van der Waals surface area contributed by atoms with Gasteiger partial charge in [-0.1, -0.05) is 18.1 Å². The molecule has 0 aliphatic heterocycles. The van der Waals surface area contributed by atoms with Gasteiger partial charge >= 0.3 is 0 Å². The Hall–Kier alpha value is -3.01. The van der Waals surface area contributed by atoms with Crippen molar-refractivity contribution in [2.24, 2.45) is 0 Å². The number of aromatic amines is 1. The number of carbonyl (C=O) groups excluding carboxylic acids is 1. The van der Waals surface area contributed by atoms with E-state index < -0.39 is 11.4 Å². The van der Waals surface area contributed by atoms with Crippen LogP contribution in [0.4, 0.5) is 4.39 Å². The van der Waals surface area contributed by atoms with Crippen molar-refractivity contribution < 1.29 is 9.18 Å². The lowest BCUT2D eigenvalue weighted by Crippen LogP contribution is -2.25. The molecule has 2 aromatic rings. The monoisotopic (exact) mass is 300 g/mol. The first-order valence-electron chi connectivity index (χ1n) is 6.52. The third-order valence-corrected chi connectivity index (χ3v) is 2.84. The van der Waals surface area contributed by atoms with Crippen molar-refractivity contribution >= 4 is 5.91 Å². The molecular formula is C15H13FN4O2. The van der Waals surface area contributed by atoms with E-state index in [1.54, 1.807) is 6.07 Å². The number of hydrogen-bond donors (Lipinski definition) is 2. The van der Waals surface area contributed by atoms with Crippen molar-refractivity contribution in [3.05, 3.63) is 46.1 Å². The molecule has 6 nitrogen and oxygen atoms in total. The summed E-state index contributed by atoms with van der Waals surface area (Å²) in [6.45, 7) is 0.138. The maximum absolute atomic E-state index is 13.1. The number of rotatable bonds is 5. The van der Waals surface area contributed by atoms with E-state index in [4.69, 9.17) is 6.42 Å². The van der Waals surface area contributed by atoms with Crippen LogP contribution in [0.25, 0.3) is 11.4 Å². The predicted molar refractivity (Wildman–Crippen MR) is 78.2 cm³/mol. The fraction of sp³-hybridized carbons (Fsp3) is 0.200. The molecule has 1 aromatic carbocycles. The average molecular weight is 300 g/mol. The van der Waals surface area contributed by atoms with E-state index in [1.807, 2.05) is 0 Å². The molecule has 0 radical (unpaired) electrons. The molecule has 112 valence electrons. The second-order valence-corrected chi connectivity index (χ2v) is 4.44. The number of benzene rings is 1. The lowest BCUT2D eigenvalue weighted by Gasteiger charge is -2.03. The summed E-state index contributed by atoms with van der Waals surface area (Å²) in [7, 11) is 0. The summed E-state index contributed by atoms with van der Waals surface area (Å²) >= 11 is 0. The number of halogens is 1. The van der Waals surface area contributed by atoms with Gasteiger partial charge in [0.2, 0.25) is 5.91 Å². The van der Waals surface area contributed by atoms with Gasteiger partial charge in [-0.15, -0.1) is 16.6 Å². The van der Waals surface area contributed by atoms with Gasteiger partial charge in [0, 0.05) is 18.4 Å². The van der Waals surface area contributed by atoms with Crippen LogP contribution in [-0.4, -0.2) is 27.6 Å². The van der Waals surface area contributed by atoms with Gasteiger partial charge in [-0.2, -0.15) is 0 Å². The lowest BCUT2D eigenvalue weighted by atomic mass is 10.2. The number of amides is 1. The van der Waals surface area contributed by atoms with Crippen LogP contribution in [0.3, 0.4) is 0 Å². The van der Waals surface area contributed by atoms with Gasteiger partial charge in [-0.05, 0) is 12.1 Å². The average Bonchev–Trinajstić information content (AvgIpc) is 2.51. The summed E-state index contributed by atoms with van der Waals surface area (Å²) in [4.78, 5) is 25.8. The van der Waals surface area contributed by atoms with Crippen LogP contribution in [0.2, 0.25) is 0 Å². The molecule has 7 heteroatoms. The number of H-pyrrole nitrogens is 1. The largest absolute Gasteiger partial charge is 0.345 e. The van der Waals surface area contributed by atoms with Gasteiger partial charge < -0.3 is 10.3 Å². The number of hydrogen-bond acceptors (Lipinski definition) is 4. The van der Waals surface area contributed by atoms with Crippen molar-refractivity contribution in [3.8, 4) is 23.7 Å². The maximum Gasteiger partial charge on any atom is 0.273 e. The highest BCUT2D eigenvalue weighted by atomic mass is 19.1. The van der Waals surface area contributed by atoms with Gasteiger partial charge in [-0.25, -0.2) is 4.39 Å². The molecule has 1 amide bonds. The molecule has 0 fully saturated rings. The highest BCUT2D eigenvalue weighted by Gasteiger charge is 2.09. The second kappa shape index (κ2) is 7.13. The molecular weight excluding hydrogens is 287 g/mol. The molecule has 1 aromatic heterocycles. The quantitative estimate of drug-likeness (QED) is 0.794. The van der Waals surface area contributed by atoms with Crippen molar-refractivity contribution in [1.82, 2.24) is 20.5 Å². The summed E-state index contributed by atoms with van der Waals surface area (Å²) in [5, 5.41) is 10.1. The smallest absolute Gasteiger partial charge is 0.273 e. The van der Waals surface area contributed by atoms with E-state index in [0.29, 0.717) is 5.56 Å². The Kier molecular flexibility index (Phi) is 4.98. The first-order valence-corrected chi connectivity index (χ1v) is 6.52. The molecule has 0 saturated heterocycles. The number of nitrogens with zero attached hydrogens (tertiary/aromatic N) is 2. The third-order valence-electron chi connectivity index (χ3n) is 2.84. The van der Waals surface area contributed by atoms with Gasteiger partial charge in [-0.3, -0.25) is 9.59 Å². The van der Waals surface area contributed by atoms with Crippen LogP contribution in [0.1, 0.15) is 12.1 Å². The highest BCUT2D eigenvalue weighted by molar-refractivity contribution is 5.76. The van der Waals surface area contributed by atoms with Crippen LogP contribution in [0.15, 0.2) is 29.1 Å². The Morgan fingerprint density at radius 3 is 2.91 bits per heavy atom. The molecule has 0 aliphatic rings. The summed E-state index contributed by atoms with van der Waals surface area (Å²) in [6.07, 6.45) is 5.25. The topological polar surface area (TPSA) is 87.7 Å². The Morgan fingerprint density at radius 2 is 2.23 bits per heavy atom. The number of nitrogens with one attached hydrogen (secondary N) is 2. The van der Waals surface area contributed by atoms with Gasteiger partial charge in [0.1, 0.15) is 11.5 Å². The fourth-order valence-electron chi connectivity index (χ4n) is 1.76. The van der Waals surface area contributed by atoms with Gasteiger partial charge in [0.15, 0.2) is 5.82 Å². The summed E-state index contributed by atoms with van der Waals surface area (Å²) in [5.74, 6) is 1.75. The highest BCUT2D eigenvalue weighted by Crippen LogP contribution is 2.13. The molecule has 0 bridgehead atoms. The Balaban J connectivity index is 2.09. The zero-order valence-corrected chi connectivity index (χ0v) is 11.6. The summed E-state index contributed by atoms with van der Waals surface area (Å²) in [5.41, 5.74) is 0.0953. The zero-order valence-electron chi connectivity index (χ0n) is 11.6. The summed E-state index contributed by atoms with van der Waals surface area (Å²) < 4.78 is 13.1. The summed E-state index contributed by atoms with van der Waals surface area (Å²) in [6, 6.07) is 5.65. The molecule has 2 rings (SSSR count). The van der Waals surface area contributed by atoms with Crippen molar-refractivity contribution in [1.29, 1.82) is 0 Å². The minimum atomic E-state index is -0.459. The van der Waals surface area contributed by atoms with Crippen molar-refractivity contribution in [3.63, 3.8) is 0 Å². The van der Waals surface area contributed by atoms with Crippen LogP contribution >= 0.6 is 0 Å². The second-order valence-electron chi connectivity index (χ2n) is 4.44. The van der Waals surface area contributed by atoms with Crippen molar-refractivity contribution in [2.45, 2.75) is 12.8 Å². The standard InChI is InChI=1S/C15H13FN4O2/c1-2-8-17-13(21)7-6-12-15(22)18-14(20-19-12)10-4-3-5-11(16)9-10/h1,3-5,9H,6-8H2,(H,17,21)(H,18,20,22). The first-order chi connectivity index (χ1) is 10.6. The Labute approximate surface area is 125 Å². The molecule has 0 spiro atoms. The molecule has 2 N–H and O–H groups in total. The SMILES string of the molecule is C#CCNC(=O)CCc1nnc(-c2cccc(F)c2)[nH]c1=O. The van der Waals surface area contributed by atoms with Gasteiger partial charge in [0.05, 0.1) is 6.54 Å². The first kappa shape index (κ1) is 15.4. The van der Waals surface area contributed by atoms with Crippen LogP contribution in [0.5, 0.6) is 0 Å². The number of aromatic nitrogens is 3. The number of terminal acetylenes is 1. The van der Waals surface area contributed by atoms with E-state index in [1.165, 1.54) is 18.2 Å². The van der Waals surface area contributed by atoms with Crippen molar-refractivity contribution in [2.75, 3.05) is 6.54 Å². The number of carbonyl (C=O) groups is 1. The van der Waals surface area contributed by atoms with E-state index >= 15 is 0 Å². The lowest BCUT2D eigenvalue weighted by molar-refractivity contribution is -0.120. The molecule has 0 unspecified atom stereocenters. The third kappa shape index (κ3) is 3.99. The Bertz CT molecular complexity index is 780. The molecule has 0 aliphatic carbocycles. The van der Waals surface area contributed by atoms with E-state index in [2.05, 4.69) is 26.4 Å². The van der Waals surface area contributed by atoms with Crippen LogP contribution < -0.4 is 10.9 Å². The minimum Gasteiger partial charge on any atom is -0.345 e.